The van der Waals surface area contributed by atoms with E-state index in [9.17, 15) is 13.6 Å². The molecule has 0 radical (unpaired) electrons. The largest absolute Gasteiger partial charge is 0.311 e. The zero-order valence-corrected chi connectivity index (χ0v) is 13.4. The van der Waals surface area contributed by atoms with E-state index < -0.39 is 18.0 Å². The summed E-state index contributed by atoms with van der Waals surface area (Å²) < 4.78 is 26.0. The molecule has 1 heterocycles. The van der Waals surface area contributed by atoms with Crippen LogP contribution in [-0.4, -0.2) is 23.2 Å². The fourth-order valence-electron chi connectivity index (χ4n) is 3.65. The number of anilines is 1. The number of nitrogens with one attached hydrogen (secondary N) is 1. The van der Waals surface area contributed by atoms with Gasteiger partial charge in [-0.05, 0) is 48.6 Å². The topological polar surface area (TPSA) is 49.0 Å². The molecule has 2 fully saturated rings. The molecule has 4 nitrogen and oxygen atoms in total. The number of carbonyl (C=O) groups is 1. The van der Waals surface area contributed by atoms with Crippen LogP contribution in [0, 0.1) is 11.8 Å². The lowest BCUT2D eigenvalue weighted by molar-refractivity contribution is 0.0977. The third kappa shape index (κ3) is 2.60. The third-order valence-electron chi connectivity index (χ3n) is 5.19. The molecular weight excluding hydrogens is 312 g/mol. The number of hydrogen-bond donors (Lipinski definition) is 1. The molecule has 1 aromatic carbocycles. The molecule has 2 atom stereocenters. The molecule has 1 amide bonds. The van der Waals surface area contributed by atoms with Gasteiger partial charge < -0.3 is 4.90 Å². The van der Waals surface area contributed by atoms with E-state index in [2.05, 4.69) is 16.3 Å². The Morgan fingerprint density at radius 1 is 1.33 bits per heavy atom. The lowest BCUT2D eigenvalue weighted by atomic mass is 10.0. The molecular formula is C18H19F2N3O. The van der Waals surface area contributed by atoms with Crippen LogP contribution in [0.5, 0.6) is 0 Å². The van der Waals surface area contributed by atoms with Crippen LogP contribution in [0.4, 0.5) is 14.5 Å². The second-order valence-electron chi connectivity index (χ2n) is 6.76. The number of aromatic nitrogens is 2. The summed E-state index contributed by atoms with van der Waals surface area (Å²) in [5.74, 6) is 1.58. The molecule has 0 aliphatic heterocycles. The number of para-hydroxylation sites is 1. The van der Waals surface area contributed by atoms with Gasteiger partial charge in [-0.25, -0.2) is 8.78 Å². The molecule has 6 heteroatoms. The minimum atomic E-state index is -2.75. The third-order valence-corrected chi connectivity index (χ3v) is 5.19. The van der Waals surface area contributed by atoms with Crippen LogP contribution < -0.4 is 4.90 Å². The van der Waals surface area contributed by atoms with Crippen molar-refractivity contribution in [3.8, 4) is 0 Å². The van der Waals surface area contributed by atoms with Gasteiger partial charge >= 0.3 is 0 Å². The Balaban J connectivity index is 1.61. The quantitative estimate of drug-likeness (QED) is 0.895. The summed E-state index contributed by atoms with van der Waals surface area (Å²) in [5.41, 5.74) is 1.45. The molecule has 2 saturated carbocycles. The first kappa shape index (κ1) is 15.3. The van der Waals surface area contributed by atoms with Crippen LogP contribution in [0.25, 0.3) is 0 Å². The molecule has 0 bridgehead atoms. The van der Waals surface area contributed by atoms with Gasteiger partial charge in [-0.1, -0.05) is 18.2 Å². The van der Waals surface area contributed by atoms with E-state index in [0.29, 0.717) is 5.92 Å². The predicted octanol–water partition coefficient (Wildman–Crippen LogP) is 4.14. The van der Waals surface area contributed by atoms with E-state index in [0.717, 1.165) is 29.5 Å². The number of nitrogens with zero attached hydrogens (tertiary/aromatic N) is 2. The Morgan fingerprint density at radius 3 is 2.79 bits per heavy atom. The zero-order valence-electron chi connectivity index (χ0n) is 13.4. The molecule has 2 aromatic rings. The fraction of sp³-hybridized carbons (Fsp3) is 0.444. The lowest BCUT2D eigenvalue weighted by Crippen LogP contribution is -2.27. The Bertz CT molecular complexity index is 769. The highest BCUT2D eigenvalue weighted by Crippen LogP contribution is 2.60. The van der Waals surface area contributed by atoms with Crippen molar-refractivity contribution >= 4 is 11.6 Å². The van der Waals surface area contributed by atoms with Crippen LogP contribution in [0.2, 0.25) is 0 Å². The summed E-state index contributed by atoms with van der Waals surface area (Å²) in [5, 5.41) is 5.83. The second kappa shape index (κ2) is 5.69. The van der Waals surface area contributed by atoms with Gasteiger partial charge in [-0.2, -0.15) is 5.10 Å². The Kier molecular flexibility index (Phi) is 3.62. The average Bonchev–Trinajstić information content (AvgIpc) is 3.49. The van der Waals surface area contributed by atoms with E-state index in [-0.39, 0.29) is 5.56 Å². The van der Waals surface area contributed by atoms with E-state index >= 15 is 0 Å². The Hall–Kier alpha value is -2.24. The van der Waals surface area contributed by atoms with Crippen LogP contribution in [0.15, 0.2) is 30.5 Å². The number of benzene rings is 1. The number of hydrogen-bond acceptors (Lipinski definition) is 2. The van der Waals surface area contributed by atoms with Gasteiger partial charge in [0, 0.05) is 12.7 Å². The van der Waals surface area contributed by atoms with E-state index in [1.807, 2.05) is 18.2 Å². The van der Waals surface area contributed by atoms with Crippen molar-refractivity contribution < 1.29 is 13.6 Å². The Labute approximate surface area is 138 Å². The summed E-state index contributed by atoms with van der Waals surface area (Å²) in [6, 6.07) is 7.79. The second-order valence-corrected chi connectivity index (χ2v) is 6.76. The highest BCUT2D eigenvalue weighted by molar-refractivity contribution is 6.06. The number of alkyl halides is 2. The standard InChI is InChI=1S/C18H19F2N3O/c1-23(18(24)14-9-21-22-16(14)17(19)20)15-5-3-2-4-11(15)13-8-12(13)10-6-7-10/h2-5,9-10,12-13,17H,6-8H2,1H3,(H,21,22)/t12-,13-/m0/s1. The number of rotatable bonds is 5. The summed E-state index contributed by atoms with van der Waals surface area (Å²) in [7, 11) is 1.64. The molecule has 1 N–H and O–H groups in total. The van der Waals surface area contributed by atoms with Gasteiger partial charge in [0.1, 0.15) is 5.69 Å². The Morgan fingerprint density at radius 2 is 2.08 bits per heavy atom. The molecule has 2 aliphatic carbocycles. The van der Waals surface area contributed by atoms with Gasteiger partial charge in [0.25, 0.3) is 12.3 Å². The predicted molar refractivity (Wildman–Crippen MR) is 86.3 cm³/mol. The maximum absolute atomic E-state index is 13.0. The first-order chi connectivity index (χ1) is 11.6. The van der Waals surface area contributed by atoms with Gasteiger partial charge in [-0.15, -0.1) is 0 Å². The molecule has 126 valence electrons. The SMILES string of the molecule is CN(C(=O)c1cn[nH]c1C(F)F)c1ccccc1[C@@H]1C[C@H]1C1CC1. The molecule has 1 aromatic heterocycles. The molecule has 0 saturated heterocycles. The molecule has 2 aliphatic rings. The summed E-state index contributed by atoms with van der Waals surface area (Å²) in [6.07, 6.45) is 2.21. The molecule has 0 spiro atoms. The first-order valence-electron chi connectivity index (χ1n) is 8.26. The average molecular weight is 331 g/mol. The summed E-state index contributed by atoms with van der Waals surface area (Å²) in [4.78, 5) is 14.2. The van der Waals surface area contributed by atoms with E-state index in [1.54, 1.807) is 7.05 Å². The van der Waals surface area contributed by atoms with Crippen LogP contribution in [0.3, 0.4) is 0 Å². The normalized spacial score (nSPS) is 22.7. The summed E-state index contributed by atoms with van der Waals surface area (Å²) in [6.45, 7) is 0. The van der Waals surface area contributed by atoms with Gasteiger partial charge in [0.05, 0.1) is 11.8 Å². The van der Waals surface area contributed by atoms with Gasteiger partial charge in [-0.3, -0.25) is 9.89 Å². The van der Waals surface area contributed by atoms with Crippen LogP contribution in [0.1, 0.15) is 53.2 Å². The minimum Gasteiger partial charge on any atom is -0.311 e. The maximum Gasteiger partial charge on any atom is 0.280 e. The van der Waals surface area contributed by atoms with Crippen molar-refractivity contribution in [2.24, 2.45) is 11.8 Å². The van der Waals surface area contributed by atoms with E-state index in [4.69, 9.17) is 0 Å². The van der Waals surface area contributed by atoms with Gasteiger partial charge in [0.2, 0.25) is 0 Å². The van der Waals surface area contributed by atoms with Crippen LogP contribution >= 0.6 is 0 Å². The van der Waals surface area contributed by atoms with Crippen molar-refractivity contribution in [2.45, 2.75) is 31.6 Å². The number of H-pyrrole nitrogens is 1. The molecule has 0 unspecified atom stereocenters. The van der Waals surface area contributed by atoms with E-state index in [1.165, 1.54) is 23.9 Å². The highest BCUT2D eigenvalue weighted by atomic mass is 19.3. The smallest absolute Gasteiger partial charge is 0.280 e. The van der Waals surface area contributed by atoms with Crippen molar-refractivity contribution in [1.82, 2.24) is 10.2 Å². The van der Waals surface area contributed by atoms with Crippen molar-refractivity contribution in [2.75, 3.05) is 11.9 Å². The fourth-order valence-corrected chi connectivity index (χ4v) is 3.65. The minimum absolute atomic E-state index is 0.0724. The molecule has 24 heavy (non-hydrogen) atoms. The van der Waals surface area contributed by atoms with Crippen molar-refractivity contribution in [1.29, 1.82) is 0 Å². The highest BCUT2D eigenvalue weighted by Gasteiger charge is 2.48. The number of halogens is 2. The monoisotopic (exact) mass is 331 g/mol. The first-order valence-corrected chi connectivity index (χ1v) is 8.26. The van der Waals surface area contributed by atoms with Crippen molar-refractivity contribution in [3.05, 3.63) is 47.3 Å². The maximum atomic E-state index is 13.0. The zero-order chi connectivity index (χ0) is 16.8. The lowest BCUT2D eigenvalue weighted by Gasteiger charge is -2.21. The number of aromatic amines is 1. The van der Waals surface area contributed by atoms with Crippen molar-refractivity contribution in [3.63, 3.8) is 0 Å². The number of amides is 1. The molecule has 4 rings (SSSR count). The van der Waals surface area contributed by atoms with Crippen LogP contribution in [-0.2, 0) is 0 Å². The van der Waals surface area contributed by atoms with Gasteiger partial charge in [0.15, 0.2) is 0 Å². The summed E-state index contributed by atoms with van der Waals surface area (Å²) >= 11 is 0. The number of carbonyl (C=O) groups excluding carboxylic acids is 1.